The molecule has 0 atom stereocenters. The van der Waals surface area contributed by atoms with E-state index >= 15 is 0 Å². The maximum Gasteiger partial charge on any atom is 0.253 e. The molecule has 0 spiro atoms. The number of nitrogens with one attached hydrogen (secondary N) is 1. The van der Waals surface area contributed by atoms with Crippen LogP contribution in [-0.4, -0.2) is 48.3 Å². The third-order valence-corrected chi connectivity index (χ3v) is 6.73. The van der Waals surface area contributed by atoms with Gasteiger partial charge in [-0.05, 0) is 36.4 Å². The standard InChI is InChI=1S/C16H20N2O3S/c1-2-22(20,21)14-6-9-18(10-7-14)16(19)13-4-3-12-5-8-17-15(12)11-13/h3-5,8,11,14,17H,2,6-7,9-10H2,1H3. The molecule has 0 saturated carbocycles. The molecule has 1 aliphatic heterocycles. The molecule has 1 aromatic carbocycles. The highest BCUT2D eigenvalue weighted by molar-refractivity contribution is 7.92. The highest BCUT2D eigenvalue weighted by atomic mass is 32.2. The smallest absolute Gasteiger partial charge is 0.253 e. The maximum atomic E-state index is 12.6. The molecule has 1 fully saturated rings. The van der Waals surface area contributed by atoms with Gasteiger partial charge in [0.05, 0.1) is 5.25 Å². The van der Waals surface area contributed by atoms with Crippen LogP contribution in [0.15, 0.2) is 30.5 Å². The number of benzene rings is 1. The summed E-state index contributed by atoms with van der Waals surface area (Å²) in [5, 5.41) is 0.775. The predicted octanol–water partition coefficient (Wildman–Crippen LogP) is 2.21. The predicted molar refractivity (Wildman–Crippen MR) is 86.7 cm³/mol. The van der Waals surface area contributed by atoms with Crippen LogP contribution in [-0.2, 0) is 9.84 Å². The van der Waals surface area contributed by atoms with Crippen molar-refractivity contribution in [1.82, 2.24) is 9.88 Å². The van der Waals surface area contributed by atoms with Crippen LogP contribution in [0.2, 0.25) is 0 Å². The summed E-state index contributed by atoms with van der Waals surface area (Å²) in [5.74, 6) is 0.151. The van der Waals surface area contributed by atoms with E-state index in [2.05, 4.69) is 4.98 Å². The fraction of sp³-hybridized carbons (Fsp3) is 0.438. The van der Waals surface area contributed by atoms with Crippen molar-refractivity contribution in [1.29, 1.82) is 0 Å². The van der Waals surface area contributed by atoms with Gasteiger partial charge in [0, 0.05) is 36.1 Å². The average molecular weight is 320 g/mol. The van der Waals surface area contributed by atoms with Crippen LogP contribution in [0.5, 0.6) is 0 Å². The first-order valence-electron chi connectivity index (χ1n) is 7.59. The molecule has 5 nitrogen and oxygen atoms in total. The van der Waals surface area contributed by atoms with Crippen LogP contribution >= 0.6 is 0 Å². The third-order valence-electron chi connectivity index (χ3n) is 4.44. The summed E-state index contributed by atoms with van der Waals surface area (Å²) < 4.78 is 23.8. The number of hydrogen-bond acceptors (Lipinski definition) is 3. The quantitative estimate of drug-likeness (QED) is 0.942. The largest absolute Gasteiger partial charge is 0.361 e. The molecule has 1 aromatic heterocycles. The fourth-order valence-corrected chi connectivity index (χ4v) is 4.42. The molecule has 6 heteroatoms. The number of fused-ring (bicyclic) bond motifs is 1. The molecule has 1 aliphatic rings. The summed E-state index contributed by atoms with van der Waals surface area (Å²) in [7, 11) is -3.00. The number of piperidine rings is 1. The van der Waals surface area contributed by atoms with Gasteiger partial charge >= 0.3 is 0 Å². The molecule has 2 heterocycles. The molecule has 0 bridgehead atoms. The second-order valence-electron chi connectivity index (χ2n) is 5.72. The van der Waals surface area contributed by atoms with Gasteiger partial charge < -0.3 is 9.88 Å². The van der Waals surface area contributed by atoms with Gasteiger partial charge in [-0.25, -0.2) is 8.42 Å². The fourth-order valence-electron chi connectivity index (χ4n) is 3.02. The molecule has 0 unspecified atom stereocenters. The first-order chi connectivity index (χ1) is 10.5. The molecule has 0 aliphatic carbocycles. The molecule has 3 rings (SSSR count). The molecule has 1 N–H and O–H groups in total. The lowest BCUT2D eigenvalue weighted by molar-refractivity contribution is 0.0726. The number of likely N-dealkylation sites (tertiary alicyclic amines) is 1. The summed E-state index contributed by atoms with van der Waals surface area (Å²) in [6.07, 6.45) is 2.92. The summed E-state index contributed by atoms with van der Waals surface area (Å²) in [5.41, 5.74) is 1.58. The summed E-state index contributed by atoms with van der Waals surface area (Å²) >= 11 is 0. The minimum absolute atomic E-state index is 0.0242. The Morgan fingerprint density at radius 2 is 2.00 bits per heavy atom. The molecular weight excluding hydrogens is 300 g/mol. The van der Waals surface area contributed by atoms with Crippen LogP contribution in [0.25, 0.3) is 10.9 Å². The van der Waals surface area contributed by atoms with Crippen LogP contribution in [0.3, 0.4) is 0 Å². The first-order valence-corrected chi connectivity index (χ1v) is 9.31. The van der Waals surface area contributed by atoms with E-state index in [4.69, 9.17) is 0 Å². The zero-order valence-corrected chi connectivity index (χ0v) is 13.4. The van der Waals surface area contributed by atoms with Crippen molar-refractivity contribution in [2.45, 2.75) is 25.0 Å². The van der Waals surface area contributed by atoms with Gasteiger partial charge in [-0.2, -0.15) is 0 Å². The Hall–Kier alpha value is -1.82. The number of aromatic amines is 1. The van der Waals surface area contributed by atoms with Crippen LogP contribution in [0, 0.1) is 0 Å². The molecule has 1 saturated heterocycles. The van der Waals surface area contributed by atoms with Gasteiger partial charge in [0.2, 0.25) is 0 Å². The zero-order chi connectivity index (χ0) is 15.7. The Morgan fingerprint density at radius 1 is 1.27 bits per heavy atom. The molecule has 0 radical (unpaired) electrons. The minimum atomic E-state index is -3.00. The Balaban J connectivity index is 1.71. The van der Waals surface area contributed by atoms with Crippen molar-refractivity contribution in [2.75, 3.05) is 18.8 Å². The van der Waals surface area contributed by atoms with E-state index < -0.39 is 9.84 Å². The van der Waals surface area contributed by atoms with Gasteiger partial charge in [0.25, 0.3) is 5.91 Å². The SMILES string of the molecule is CCS(=O)(=O)C1CCN(C(=O)c2ccc3cc[nH]c3c2)CC1. The topological polar surface area (TPSA) is 70.2 Å². The monoisotopic (exact) mass is 320 g/mol. The van der Waals surface area contributed by atoms with E-state index in [0.717, 1.165) is 10.9 Å². The van der Waals surface area contributed by atoms with Crippen molar-refractivity contribution in [3.05, 3.63) is 36.0 Å². The number of amides is 1. The highest BCUT2D eigenvalue weighted by Gasteiger charge is 2.30. The van der Waals surface area contributed by atoms with E-state index in [1.165, 1.54) is 0 Å². The Bertz CT molecular complexity index is 787. The average Bonchev–Trinajstić information content (AvgIpc) is 3.02. The van der Waals surface area contributed by atoms with E-state index in [-0.39, 0.29) is 16.9 Å². The van der Waals surface area contributed by atoms with Gasteiger partial charge in [-0.1, -0.05) is 13.0 Å². The van der Waals surface area contributed by atoms with Gasteiger partial charge in [0.1, 0.15) is 0 Å². The van der Waals surface area contributed by atoms with Gasteiger partial charge in [-0.3, -0.25) is 4.79 Å². The Morgan fingerprint density at radius 3 is 2.68 bits per heavy atom. The van der Waals surface area contributed by atoms with Crippen molar-refractivity contribution in [3.8, 4) is 0 Å². The zero-order valence-electron chi connectivity index (χ0n) is 12.6. The normalized spacial score (nSPS) is 17.0. The number of H-pyrrole nitrogens is 1. The third kappa shape index (κ3) is 2.75. The number of carbonyl (C=O) groups excluding carboxylic acids is 1. The minimum Gasteiger partial charge on any atom is -0.361 e. The van der Waals surface area contributed by atoms with Gasteiger partial charge in [-0.15, -0.1) is 0 Å². The second kappa shape index (κ2) is 5.76. The van der Waals surface area contributed by atoms with E-state index in [1.54, 1.807) is 11.8 Å². The molecule has 2 aromatic rings. The van der Waals surface area contributed by atoms with Crippen molar-refractivity contribution in [2.24, 2.45) is 0 Å². The lowest BCUT2D eigenvalue weighted by atomic mass is 10.1. The first kappa shape index (κ1) is 15.1. The van der Waals surface area contributed by atoms with Crippen LogP contribution < -0.4 is 0 Å². The molecule has 118 valence electrons. The number of hydrogen-bond donors (Lipinski definition) is 1. The summed E-state index contributed by atoms with van der Waals surface area (Å²) in [6.45, 7) is 2.69. The van der Waals surface area contributed by atoms with E-state index in [9.17, 15) is 13.2 Å². The van der Waals surface area contributed by atoms with Gasteiger partial charge in [0.15, 0.2) is 9.84 Å². The Kier molecular flexibility index (Phi) is 3.95. The molecule has 22 heavy (non-hydrogen) atoms. The lowest BCUT2D eigenvalue weighted by Crippen LogP contribution is -2.42. The molecule has 1 amide bonds. The number of aromatic nitrogens is 1. The summed E-state index contributed by atoms with van der Waals surface area (Å²) in [4.78, 5) is 17.4. The second-order valence-corrected chi connectivity index (χ2v) is 8.29. The maximum absolute atomic E-state index is 12.6. The van der Waals surface area contributed by atoms with Crippen LogP contribution in [0.4, 0.5) is 0 Å². The lowest BCUT2D eigenvalue weighted by Gasteiger charge is -2.31. The summed E-state index contributed by atoms with van der Waals surface area (Å²) in [6, 6.07) is 7.57. The van der Waals surface area contributed by atoms with Crippen LogP contribution in [0.1, 0.15) is 30.1 Å². The van der Waals surface area contributed by atoms with Crippen molar-refractivity contribution >= 4 is 26.6 Å². The number of rotatable bonds is 3. The number of carbonyl (C=O) groups is 1. The Labute approximate surface area is 130 Å². The highest BCUT2D eigenvalue weighted by Crippen LogP contribution is 2.21. The number of sulfone groups is 1. The number of nitrogens with zero attached hydrogens (tertiary/aromatic N) is 1. The van der Waals surface area contributed by atoms with Crippen molar-refractivity contribution < 1.29 is 13.2 Å². The van der Waals surface area contributed by atoms with E-state index in [1.807, 2.05) is 30.5 Å². The molecular formula is C16H20N2O3S. The van der Waals surface area contributed by atoms with E-state index in [0.29, 0.717) is 31.5 Å². The van der Waals surface area contributed by atoms with Crippen molar-refractivity contribution in [3.63, 3.8) is 0 Å².